The molecule has 1 aliphatic heterocycles. The zero-order valence-corrected chi connectivity index (χ0v) is 12.4. The second-order valence-electron chi connectivity index (χ2n) is 5.21. The molecule has 2 aromatic heterocycles. The molecule has 3 heterocycles. The molecule has 1 atom stereocenters. The summed E-state index contributed by atoms with van der Waals surface area (Å²) in [7, 11) is 0. The van der Waals surface area contributed by atoms with Gasteiger partial charge in [-0.3, -0.25) is 4.57 Å². The van der Waals surface area contributed by atoms with Crippen molar-refractivity contribution < 1.29 is 4.74 Å². The summed E-state index contributed by atoms with van der Waals surface area (Å²) in [6, 6.07) is 3.92. The smallest absolute Gasteiger partial charge is 0.189 e. The van der Waals surface area contributed by atoms with Crippen LogP contribution in [0.2, 0.25) is 0 Å². The monoisotopic (exact) mass is 300 g/mol. The van der Waals surface area contributed by atoms with Gasteiger partial charge in [-0.05, 0) is 24.5 Å². The zero-order chi connectivity index (χ0) is 15.2. The molecule has 0 amide bonds. The zero-order valence-electron chi connectivity index (χ0n) is 12.4. The number of nitrogens with two attached hydrogens (primary N) is 1. The van der Waals surface area contributed by atoms with Gasteiger partial charge in [0, 0.05) is 31.7 Å². The van der Waals surface area contributed by atoms with Crippen LogP contribution in [0.5, 0.6) is 0 Å². The van der Waals surface area contributed by atoms with Gasteiger partial charge in [0.2, 0.25) is 0 Å². The minimum atomic E-state index is 0.255. The van der Waals surface area contributed by atoms with E-state index >= 15 is 0 Å². The second-order valence-corrected chi connectivity index (χ2v) is 5.21. The normalized spacial score (nSPS) is 18.5. The SMILES string of the molecule is NC(=NCc1ccc(-n2ccnc2)nc1)NCC1CCCO1. The van der Waals surface area contributed by atoms with E-state index in [0.717, 1.165) is 30.8 Å². The number of imidazole rings is 1. The Hall–Kier alpha value is -2.41. The van der Waals surface area contributed by atoms with Gasteiger partial charge in [0.25, 0.3) is 0 Å². The fourth-order valence-corrected chi connectivity index (χ4v) is 2.31. The molecule has 2 aromatic rings. The number of nitrogens with one attached hydrogen (secondary N) is 1. The molecule has 0 radical (unpaired) electrons. The summed E-state index contributed by atoms with van der Waals surface area (Å²) in [4.78, 5) is 12.7. The van der Waals surface area contributed by atoms with Crippen LogP contribution < -0.4 is 11.1 Å². The maximum absolute atomic E-state index is 5.86. The molecule has 116 valence electrons. The summed E-state index contributed by atoms with van der Waals surface area (Å²) in [6.07, 6.45) is 9.55. The van der Waals surface area contributed by atoms with E-state index in [1.165, 1.54) is 0 Å². The Morgan fingerprint density at radius 1 is 1.50 bits per heavy atom. The Kier molecular flexibility index (Phi) is 4.65. The highest BCUT2D eigenvalue weighted by atomic mass is 16.5. The van der Waals surface area contributed by atoms with Crippen molar-refractivity contribution in [3.05, 3.63) is 42.6 Å². The number of rotatable bonds is 5. The number of hydrogen-bond acceptors (Lipinski definition) is 4. The molecule has 22 heavy (non-hydrogen) atoms. The standard InChI is InChI=1S/C15H20N6O/c16-15(20-10-13-2-1-7-22-13)19-9-12-3-4-14(18-8-12)21-6-5-17-11-21/h3-6,8,11,13H,1-2,7,9-10H2,(H3,16,19,20). The number of pyridine rings is 1. The summed E-state index contributed by atoms with van der Waals surface area (Å²) in [5.74, 6) is 1.27. The van der Waals surface area contributed by atoms with Crippen LogP contribution in [0.1, 0.15) is 18.4 Å². The number of guanidine groups is 1. The average Bonchev–Trinajstić information content (AvgIpc) is 3.24. The summed E-state index contributed by atoms with van der Waals surface area (Å²) in [5, 5.41) is 3.10. The average molecular weight is 300 g/mol. The number of hydrogen-bond donors (Lipinski definition) is 2. The Labute approximate surface area is 129 Å². The van der Waals surface area contributed by atoms with Crippen LogP contribution in [0.15, 0.2) is 42.0 Å². The van der Waals surface area contributed by atoms with Crippen LogP contribution in [0, 0.1) is 0 Å². The van der Waals surface area contributed by atoms with Gasteiger partial charge in [0.05, 0.1) is 12.6 Å². The highest BCUT2D eigenvalue weighted by Gasteiger charge is 2.14. The lowest BCUT2D eigenvalue weighted by molar-refractivity contribution is 0.114. The van der Waals surface area contributed by atoms with Crippen molar-refractivity contribution >= 4 is 5.96 Å². The van der Waals surface area contributed by atoms with Crippen LogP contribution >= 0.6 is 0 Å². The number of aliphatic imine (C=N–C) groups is 1. The largest absolute Gasteiger partial charge is 0.376 e. The third-order valence-corrected chi connectivity index (χ3v) is 3.54. The molecule has 3 N–H and O–H groups in total. The molecule has 0 spiro atoms. The van der Waals surface area contributed by atoms with Crippen molar-refractivity contribution in [3.63, 3.8) is 0 Å². The van der Waals surface area contributed by atoms with Crippen LogP contribution in [-0.2, 0) is 11.3 Å². The minimum absolute atomic E-state index is 0.255. The van der Waals surface area contributed by atoms with Gasteiger partial charge in [0.15, 0.2) is 5.96 Å². The molecular weight excluding hydrogens is 280 g/mol. The highest BCUT2D eigenvalue weighted by Crippen LogP contribution is 2.10. The van der Waals surface area contributed by atoms with E-state index in [-0.39, 0.29) is 6.10 Å². The van der Waals surface area contributed by atoms with Gasteiger partial charge in [0.1, 0.15) is 12.1 Å². The molecule has 1 saturated heterocycles. The van der Waals surface area contributed by atoms with Gasteiger partial charge >= 0.3 is 0 Å². The van der Waals surface area contributed by atoms with Crippen LogP contribution in [0.3, 0.4) is 0 Å². The van der Waals surface area contributed by atoms with Gasteiger partial charge in [-0.1, -0.05) is 6.07 Å². The van der Waals surface area contributed by atoms with E-state index in [1.807, 2.05) is 22.9 Å². The lowest BCUT2D eigenvalue weighted by Crippen LogP contribution is -2.37. The Morgan fingerprint density at radius 3 is 3.14 bits per heavy atom. The van der Waals surface area contributed by atoms with Gasteiger partial charge in [-0.2, -0.15) is 0 Å². The molecular formula is C15H20N6O. The van der Waals surface area contributed by atoms with Gasteiger partial charge < -0.3 is 15.8 Å². The first-order chi connectivity index (χ1) is 10.8. The molecule has 7 heteroatoms. The van der Waals surface area contributed by atoms with E-state index in [4.69, 9.17) is 10.5 Å². The maximum Gasteiger partial charge on any atom is 0.189 e. The van der Waals surface area contributed by atoms with Crippen LogP contribution in [0.4, 0.5) is 0 Å². The summed E-state index contributed by atoms with van der Waals surface area (Å²) in [5.41, 5.74) is 6.86. The lowest BCUT2D eigenvalue weighted by atomic mass is 10.2. The molecule has 0 aliphatic carbocycles. The van der Waals surface area contributed by atoms with E-state index in [2.05, 4.69) is 20.3 Å². The lowest BCUT2D eigenvalue weighted by Gasteiger charge is -2.11. The second kappa shape index (κ2) is 7.04. The van der Waals surface area contributed by atoms with Crippen molar-refractivity contribution in [2.24, 2.45) is 10.7 Å². The number of aromatic nitrogens is 3. The fraction of sp³-hybridized carbons (Fsp3) is 0.400. The highest BCUT2D eigenvalue weighted by molar-refractivity contribution is 5.77. The Balaban J connectivity index is 1.50. The molecule has 1 unspecified atom stereocenters. The van der Waals surface area contributed by atoms with E-state index in [1.54, 1.807) is 18.7 Å². The van der Waals surface area contributed by atoms with E-state index < -0.39 is 0 Å². The summed E-state index contributed by atoms with van der Waals surface area (Å²) >= 11 is 0. The van der Waals surface area contributed by atoms with Gasteiger partial charge in [-0.25, -0.2) is 15.0 Å². The van der Waals surface area contributed by atoms with Crippen molar-refractivity contribution in [2.75, 3.05) is 13.2 Å². The third kappa shape index (κ3) is 3.82. The van der Waals surface area contributed by atoms with Crippen molar-refractivity contribution in [1.29, 1.82) is 0 Å². The topological polar surface area (TPSA) is 90.4 Å². The summed E-state index contributed by atoms with van der Waals surface area (Å²) < 4.78 is 7.38. The summed E-state index contributed by atoms with van der Waals surface area (Å²) in [6.45, 7) is 2.06. The minimum Gasteiger partial charge on any atom is -0.376 e. The van der Waals surface area contributed by atoms with Gasteiger partial charge in [-0.15, -0.1) is 0 Å². The number of ether oxygens (including phenoxy) is 1. The van der Waals surface area contributed by atoms with Crippen LogP contribution in [0.25, 0.3) is 5.82 Å². The Morgan fingerprint density at radius 2 is 2.45 bits per heavy atom. The predicted molar refractivity (Wildman–Crippen MR) is 83.7 cm³/mol. The molecule has 1 fully saturated rings. The van der Waals surface area contributed by atoms with E-state index in [9.17, 15) is 0 Å². The van der Waals surface area contributed by atoms with Crippen molar-refractivity contribution in [3.8, 4) is 5.82 Å². The first-order valence-electron chi connectivity index (χ1n) is 7.40. The fourth-order valence-electron chi connectivity index (χ4n) is 2.31. The maximum atomic E-state index is 5.86. The quantitative estimate of drug-likeness (QED) is 0.631. The predicted octanol–water partition coefficient (Wildman–Crippen LogP) is 0.851. The first kappa shape index (κ1) is 14.5. The Bertz CT molecular complexity index is 601. The molecule has 1 aliphatic rings. The van der Waals surface area contributed by atoms with Crippen LogP contribution in [-0.4, -0.2) is 39.8 Å². The first-order valence-corrected chi connectivity index (χ1v) is 7.40. The molecule has 0 aromatic carbocycles. The molecule has 0 bridgehead atoms. The molecule has 7 nitrogen and oxygen atoms in total. The third-order valence-electron chi connectivity index (χ3n) is 3.54. The molecule has 3 rings (SSSR count). The van der Waals surface area contributed by atoms with E-state index in [0.29, 0.717) is 19.0 Å². The van der Waals surface area contributed by atoms with Crippen molar-refractivity contribution in [2.45, 2.75) is 25.5 Å². The van der Waals surface area contributed by atoms with Crippen molar-refractivity contribution in [1.82, 2.24) is 19.9 Å². The molecule has 0 saturated carbocycles. The number of nitrogens with zero attached hydrogens (tertiary/aromatic N) is 4.